The van der Waals surface area contributed by atoms with Gasteiger partial charge in [-0.25, -0.2) is 0 Å². The second-order valence-electron chi connectivity index (χ2n) is 6.05. The average Bonchev–Trinajstić information content (AvgIpc) is 2.96. The Morgan fingerprint density at radius 1 is 1.39 bits per heavy atom. The van der Waals surface area contributed by atoms with E-state index in [2.05, 4.69) is 42.3 Å². The summed E-state index contributed by atoms with van der Waals surface area (Å²) in [5.74, 6) is 0.775. The first-order chi connectivity index (χ1) is 8.75. The molecule has 1 atom stereocenters. The first-order valence-electron chi connectivity index (χ1n) is 7.34. The number of nitrogens with one attached hydrogen (secondary N) is 1. The minimum absolute atomic E-state index is 0.775. The predicted octanol–water partition coefficient (Wildman–Crippen LogP) is 3.28. The molecule has 1 aromatic carbocycles. The summed E-state index contributed by atoms with van der Waals surface area (Å²) in [4.78, 5) is 2.68. The maximum Gasteiger partial charge on any atom is 0.0419 e. The zero-order valence-corrected chi connectivity index (χ0v) is 11.6. The summed E-state index contributed by atoms with van der Waals surface area (Å²) < 4.78 is 0. The maximum absolute atomic E-state index is 3.56. The molecular formula is C16H24N2. The molecular weight excluding hydrogens is 220 g/mol. The molecule has 1 fully saturated rings. The first-order valence-corrected chi connectivity index (χ1v) is 7.34. The van der Waals surface area contributed by atoms with Gasteiger partial charge in [0, 0.05) is 24.8 Å². The van der Waals surface area contributed by atoms with E-state index in [-0.39, 0.29) is 0 Å². The Bertz CT molecular complexity index is 425. The van der Waals surface area contributed by atoms with Gasteiger partial charge in [-0.15, -0.1) is 0 Å². The number of hydrogen-bond acceptors (Lipinski definition) is 2. The fourth-order valence-corrected chi connectivity index (χ4v) is 3.56. The highest BCUT2D eigenvalue weighted by Crippen LogP contribution is 2.31. The summed E-state index contributed by atoms with van der Waals surface area (Å²) >= 11 is 0. The number of para-hydroxylation sites is 1. The van der Waals surface area contributed by atoms with Gasteiger partial charge in [0.1, 0.15) is 0 Å². The maximum atomic E-state index is 3.56. The van der Waals surface area contributed by atoms with Crippen LogP contribution >= 0.6 is 0 Å². The molecule has 0 spiro atoms. The highest BCUT2D eigenvalue weighted by molar-refractivity contribution is 5.61. The largest absolute Gasteiger partial charge is 0.384 e. The normalized spacial score (nSPS) is 23.4. The molecule has 1 N–H and O–H groups in total. The van der Waals surface area contributed by atoms with E-state index in [9.17, 15) is 0 Å². The van der Waals surface area contributed by atoms with E-state index in [1.807, 2.05) is 0 Å². The highest BCUT2D eigenvalue weighted by Gasteiger charge is 2.27. The summed E-state index contributed by atoms with van der Waals surface area (Å²) in [6.45, 7) is 8.22. The van der Waals surface area contributed by atoms with Crippen molar-refractivity contribution in [3.8, 4) is 0 Å². The van der Waals surface area contributed by atoms with Crippen molar-refractivity contribution in [1.29, 1.82) is 0 Å². The molecule has 0 radical (unpaired) electrons. The van der Waals surface area contributed by atoms with Crippen molar-refractivity contribution in [3.05, 3.63) is 29.3 Å². The summed E-state index contributed by atoms with van der Waals surface area (Å²) in [6.07, 6.45) is 3.93. The van der Waals surface area contributed by atoms with Gasteiger partial charge in [0.05, 0.1) is 0 Å². The van der Waals surface area contributed by atoms with E-state index >= 15 is 0 Å². The number of anilines is 1. The second kappa shape index (κ2) is 4.93. The van der Waals surface area contributed by atoms with Gasteiger partial charge in [-0.2, -0.15) is 0 Å². The molecule has 0 aliphatic carbocycles. The molecule has 2 nitrogen and oxygen atoms in total. The monoisotopic (exact) mass is 244 g/mol. The Labute approximate surface area is 110 Å². The summed E-state index contributed by atoms with van der Waals surface area (Å²) in [5, 5.41) is 3.56. The molecule has 98 valence electrons. The molecule has 3 rings (SSSR count). The third-order valence-electron chi connectivity index (χ3n) is 4.49. The van der Waals surface area contributed by atoms with E-state index in [1.54, 1.807) is 0 Å². The van der Waals surface area contributed by atoms with Crippen LogP contribution in [0.5, 0.6) is 0 Å². The standard InChI is InChI=1S/C16H24N2/c1-12(2)15-7-4-10-18(15)11-14-6-3-5-13-8-9-17-16(13)14/h3,5-6,12,15,17H,4,7-11H2,1-2H3. The molecule has 1 aromatic rings. The van der Waals surface area contributed by atoms with E-state index in [1.165, 1.54) is 42.6 Å². The van der Waals surface area contributed by atoms with Crippen molar-refractivity contribution in [3.63, 3.8) is 0 Å². The van der Waals surface area contributed by atoms with Crippen molar-refractivity contribution >= 4 is 5.69 Å². The minimum atomic E-state index is 0.775. The van der Waals surface area contributed by atoms with Gasteiger partial charge in [0.15, 0.2) is 0 Å². The molecule has 18 heavy (non-hydrogen) atoms. The highest BCUT2D eigenvalue weighted by atomic mass is 15.2. The predicted molar refractivity (Wildman–Crippen MR) is 76.9 cm³/mol. The van der Waals surface area contributed by atoms with Crippen molar-refractivity contribution < 1.29 is 0 Å². The van der Waals surface area contributed by atoms with Crippen LogP contribution in [0.25, 0.3) is 0 Å². The topological polar surface area (TPSA) is 15.3 Å². The summed E-state index contributed by atoms with van der Waals surface area (Å²) in [6, 6.07) is 7.57. The van der Waals surface area contributed by atoms with Gasteiger partial charge in [0.25, 0.3) is 0 Å². The molecule has 2 heterocycles. The van der Waals surface area contributed by atoms with Crippen molar-refractivity contribution in [2.75, 3.05) is 18.4 Å². The molecule has 0 saturated carbocycles. The number of rotatable bonds is 3. The van der Waals surface area contributed by atoms with E-state index < -0.39 is 0 Å². The molecule has 2 aliphatic heterocycles. The van der Waals surface area contributed by atoms with Gasteiger partial charge < -0.3 is 5.32 Å². The third-order valence-corrected chi connectivity index (χ3v) is 4.49. The smallest absolute Gasteiger partial charge is 0.0419 e. The van der Waals surface area contributed by atoms with Crippen LogP contribution in [0, 0.1) is 5.92 Å². The van der Waals surface area contributed by atoms with Crippen molar-refractivity contribution in [2.45, 2.75) is 45.7 Å². The second-order valence-corrected chi connectivity index (χ2v) is 6.05. The van der Waals surface area contributed by atoms with E-state index in [4.69, 9.17) is 0 Å². The number of benzene rings is 1. The van der Waals surface area contributed by atoms with Crippen LogP contribution < -0.4 is 5.32 Å². The quantitative estimate of drug-likeness (QED) is 0.878. The van der Waals surface area contributed by atoms with Gasteiger partial charge in [-0.1, -0.05) is 32.0 Å². The number of likely N-dealkylation sites (tertiary alicyclic amines) is 1. The Morgan fingerprint density at radius 2 is 2.28 bits per heavy atom. The lowest BCUT2D eigenvalue weighted by atomic mass is 10.0. The van der Waals surface area contributed by atoms with E-state index in [0.717, 1.165) is 25.0 Å². The Kier molecular flexibility index (Phi) is 3.29. The summed E-state index contributed by atoms with van der Waals surface area (Å²) in [7, 11) is 0. The van der Waals surface area contributed by atoms with Crippen molar-refractivity contribution in [2.24, 2.45) is 5.92 Å². The lowest BCUT2D eigenvalue weighted by molar-refractivity contribution is 0.199. The molecule has 0 amide bonds. The third kappa shape index (κ3) is 2.14. The molecule has 1 saturated heterocycles. The SMILES string of the molecule is CC(C)C1CCCN1Cc1cccc2c1NCC2. The fourth-order valence-electron chi connectivity index (χ4n) is 3.56. The first kappa shape index (κ1) is 12.0. The van der Waals surface area contributed by atoms with Crippen LogP contribution in [-0.2, 0) is 13.0 Å². The molecule has 1 unspecified atom stereocenters. The molecule has 2 aliphatic rings. The Morgan fingerprint density at radius 3 is 3.11 bits per heavy atom. The van der Waals surface area contributed by atoms with Crippen LogP contribution in [0.4, 0.5) is 5.69 Å². The van der Waals surface area contributed by atoms with Gasteiger partial charge >= 0.3 is 0 Å². The summed E-state index contributed by atoms with van der Waals surface area (Å²) in [5.41, 5.74) is 4.43. The zero-order chi connectivity index (χ0) is 12.5. The molecule has 0 aromatic heterocycles. The zero-order valence-electron chi connectivity index (χ0n) is 11.6. The average molecular weight is 244 g/mol. The lowest BCUT2D eigenvalue weighted by Crippen LogP contribution is -2.33. The Hall–Kier alpha value is -1.02. The molecule has 2 heteroatoms. The van der Waals surface area contributed by atoms with Gasteiger partial charge in [-0.3, -0.25) is 4.90 Å². The Balaban J connectivity index is 1.79. The lowest BCUT2D eigenvalue weighted by Gasteiger charge is -2.28. The van der Waals surface area contributed by atoms with Crippen molar-refractivity contribution in [1.82, 2.24) is 4.90 Å². The van der Waals surface area contributed by atoms with Crippen LogP contribution in [-0.4, -0.2) is 24.0 Å². The van der Waals surface area contributed by atoms with Crippen LogP contribution in [0.15, 0.2) is 18.2 Å². The van der Waals surface area contributed by atoms with Crippen LogP contribution in [0.1, 0.15) is 37.8 Å². The van der Waals surface area contributed by atoms with E-state index in [0.29, 0.717) is 0 Å². The van der Waals surface area contributed by atoms with Crippen LogP contribution in [0.2, 0.25) is 0 Å². The number of hydrogen-bond donors (Lipinski definition) is 1. The van der Waals surface area contributed by atoms with Crippen LogP contribution in [0.3, 0.4) is 0 Å². The number of nitrogens with zero attached hydrogens (tertiary/aromatic N) is 1. The fraction of sp³-hybridized carbons (Fsp3) is 0.625. The minimum Gasteiger partial charge on any atom is -0.384 e. The van der Waals surface area contributed by atoms with Gasteiger partial charge in [-0.05, 0) is 42.9 Å². The molecule has 0 bridgehead atoms. The number of fused-ring (bicyclic) bond motifs is 1. The van der Waals surface area contributed by atoms with Gasteiger partial charge in [0.2, 0.25) is 0 Å².